The zero-order chi connectivity index (χ0) is 20.4. The number of anilines is 1. The van der Waals surface area contributed by atoms with Gasteiger partial charge in [0.1, 0.15) is 6.17 Å². The number of rotatable bonds is 4. The van der Waals surface area contributed by atoms with Crippen LogP contribution in [0.25, 0.3) is 0 Å². The molecular formula is C23H27N3O3. The lowest BCUT2D eigenvalue weighted by atomic mass is 10.0. The number of likely N-dealkylation sites (tertiary alicyclic amines) is 1. The molecule has 152 valence electrons. The average molecular weight is 393 g/mol. The van der Waals surface area contributed by atoms with Gasteiger partial charge >= 0.3 is 6.09 Å². The highest BCUT2D eigenvalue weighted by Gasteiger charge is 2.42. The second kappa shape index (κ2) is 8.15. The lowest BCUT2D eigenvalue weighted by Gasteiger charge is -2.39. The van der Waals surface area contributed by atoms with Gasteiger partial charge in [-0.05, 0) is 44.9 Å². The van der Waals surface area contributed by atoms with Crippen LogP contribution in [0.3, 0.4) is 0 Å². The molecule has 0 aliphatic carbocycles. The van der Waals surface area contributed by atoms with Crippen molar-refractivity contribution in [3.05, 3.63) is 65.2 Å². The Kier molecular flexibility index (Phi) is 5.43. The van der Waals surface area contributed by atoms with E-state index < -0.39 is 0 Å². The summed E-state index contributed by atoms with van der Waals surface area (Å²) < 4.78 is 5.12. The first-order chi connectivity index (χ1) is 14.1. The van der Waals surface area contributed by atoms with E-state index in [0.29, 0.717) is 19.7 Å². The van der Waals surface area contributed by atoms with Crippen molar-refractivity contribution in [1.29, 1.82) is 0 Å². The second-order valence-electron chi connectivity index (χ2n) is 7.63. The largest absolute Gasteiger partial charge is 0.450 e. The molecule has 0 spiro atoms. The van der Waals surface area contributed by atoms with Crippen molar-refractivity contribution in [1.82, 2.24) is 9.80 Å². The Hall–Kier alpha value is -3.02. The molecule has 2 heterocycles. The van der Waals surface area contributed by atoms with Crippen LogP contribution in [0.1, 0.15) is 47.4 Å². The van der Waals surface area contributed by atoms with Crippen LogP contribution < -0.4 is 5.32 Å². The maximum absolute atomic E-state index is 13.2. The zero-order valence-electron chi connectivity index (χ0n) is 16.9. The molecule has 6 nitrogen and oxygen atoms in total. The summed E-state index contributed by atoms with van der Waals surface area (Å²) in [6.45, 7) is 5.44. The predicted octanol–water partition coefficient (Wildman–Crippen LogP) is 4.18. The molecule has 1 N–H and O–H groups in total. The van der Waals surface area contributed by atoms with Crippen LogP contribution in [0.15, 0.2) is 48.5 Å². The van der Waals surface area contributed by atoms with Crippen molar-refractivity contribution in [3.63, 3.8) is 0 Å². The van der Waals surface area contributed by atoms with E-state index >= 15 is 0 Å². The van der Waals surface area contributed by atoms with E-state index in [-0.39, 0.29) is 24.2 Å². The Labute approximate surface area is 171 Å². The third kappa shape index (κ3) is 3.79. The molecule has 2 aromatic rings. The summed E-state index contributed by atoms with van der Waals surface area (Å²) in [5.74, 6) is 0.0554. The molecule has 2 aliphatic rings. The number of piperidine rings is 1. The fourth-order valence-corrected chi connectivity index (χ4v) is 4.21. The lowest BCUT2D eigenvalue weighted by molar-refractivity contribution is 0.0496. The first-order valence-electron chi connectivity index (χ1n) is 10.2. The summed E-state index contributed by atoms with van der Waals surface area (Å²) in [4.78, 5) is 29.0. The normalized spacial score (nSPS) is 19.2. The van der Waals surface area contributed by atoms with Crippen LogP contribution in [-0.4, -0.2) is 47.5 Å². The minimum absolute atomic E-state index is 0.0554. The van der Waals surface area contributed by atoms with Crippen LogP contribution in [0.5, 0.6) is 0 Å². The molecule has 0 unspecified atom stereocenters. The number of nitrogens with zero attached hydrogens (tertiary/aromatic N) is 2. The van der Waals surface area contributed by atoms with Crippen LogP contribution in [0, 0.1) is 6.92 Å². The van der Waals surface area contributed by atoms with Crippen molar-refractivity contribution in [2.75, 3.05) is 25.0 Å². The number of nitrogens with one attached hydrogen (secondary N) is 1. The monoisotopic (exact) mass is 393 g/mol. The van der Waals surface area contributed by atoms with E-state index in [4.69, 9.17) is 4.74 Å². The molecule has 2 aliphatic heterocycles. The molecule has 2 aromatic carbocycles. The number of fused-ring (bicyclic) bond motifs is 1. The summed E-state index contributed by atoms with van der Waals surface area (Å²) in [5.41, 5.74) is 3.94. The fourth-order valence-electron chi connectivity index (χ4n) is 4.21. The Morgan fingerprint density at radius 1 is 1.10 bits per heavy atom. The first kappa shape index (κ1) is 19.3. The van der Waals surface area contributed by atoms with E-state index in [1.54, 1.807) is 4.90 Å². The molecule has 0 bridgehead atoms. The quantitative estimate of drug-likeness (QED) is 0.846. The summed E-state index contributed by atoms with van der Waals surface area (Å²) in [6, 6.07) is 16.1. The molecule has 1 atom stereocenters. The van der Waals surface area contributed by atoms with Crippen molar-refractivity contribution in [2.24, 2.45) is 0 Å². The van der Waals surface area contributed by atoms with Gasteiger partial charge in [0.2, 0.25) is 0 Å². The average Bonchev–Trinajstić information content (AvgIpc) is 3.02. The third-order valence-corrected chi connectivity index (χ3v) is 5.74. The van der Waals surface area contributed by atoms with Gasteiger partial charge in [-0.25, -0.2) is 4.79 Å². The number of benzene rings is 2. The Morgan fingerprint density at radius 2 is 1.79 bits per heavy atom. The molecule has 0 saturated carbocycles. The number of ether oxygens (including phenoxy) is 1. The second-order valence-corrected chi connectivity index (χ2v) is 7.63. The van der Waals surface area contributed by atoms with Crippen molar-refractivity contribution >= 4 is 17.7 Å². The van der Waals surface area contributed by atoms with Crippen molar-refractivity contribution in [2.45, 2.75) is 38.9 Å². The Morgan fingerprint density at radius 3 is 2.48 bits per heavy atom. The third-order valence-electron chi connectivity index (χ3n) is 5.74. The fraction of sp³-hybridized carbons (Fsp3) is 0.391. The van der Waals surface area contributed by atoms with Gasteiger partial charge in [-0.15, -0.1) is 0 Å². The molecule has 2 amide bonds. The highest BCUT2D eigenvalue weighted by Crippen LogP contribution is 2.38. The molecular weight excluding hydrogens is 366 g/mol. The Balaban J connectivity index is 1.55. The summed E-state index contributed by atoms with van der Waals surface area (Å²) >= 11 is 0. The number of hydrogen-bond donors (Lipinski definition) is 1. The topological polar surface area (TPSA) is 61.9 Å². The SMILES string of the molecule is CCOC(=O)N1CCC(N2C(=O)c3ccccc3[C@H]2Nc2ccc(C)cc2)CC1. The predicted molar refractivity (Wildman–Crippen MR) is 112 cm³/mol. The van der Waals surface area contributed by atoms with Crippen molar-refractivity contribution in [3.8, 4) is 0 Å². The van der Waals surface area contributed by atoms with Gasteiger partial charge in [-0.3, -0.25) is 4.79 Å². The lowest BCUT2D eigenvalue weighted by Crippen LogP contribution is -2.49. The van der Waals surface area contributed by atoms with E-state index in [2.05, 4.69) is 24.4 Å². The highest BCUT2D eigenvalue weighted by atomic mass is 16.6. The Bertz CT molecular complexity index is 888. The number of carbonyl (C=O) groups is 2. The van der Waals surface area contributed by atoms with Gasteiger partial charge in [-0.1, -0.05) is 35.9 Å². The van der Waals surface area contributed by atoms with Gasteiger partial charge in [0.25, 0.3) is 5.91 Å². The standard InChI is InChI=1S/C23H27N3O3/c1-3-29-23(28)25-14-12-18(13-15-25)26-21(24-17-10-8-16(2)9-11-17)19-6-4-5-7-20(19)22(26)27/h4-11,18,21,24H,3,12-15H2,1-2H3/t21-/m0/s1. The van der Waals surface area contributed by atoms with Crippen LogP contribution >= 0.6 is 0 Å². The number of aryl methyl sites for hydroxylation is 1. The molecule has 0 radical (unpaired) electrons. The first-order valence-corrected chi connectivity index (χ1v) is 10.2. The summed E-state index contributed by atoms with van der Waals surface area (Å²) in [5, 5.41) is 3.56. The van der Waals surface area contributed by atoms with Gasteiger partial charge < -0.3 is 19.9 Å². The number of amides is 2. The smallest absolute Gasteiger partial charge is 0.409 e. The van der Waals surface area contributed by atoms with E-state index in [9.17, 15) is 9.59 Å². The van der Waals surface area contributed by atoms with Crippen LogP contribution in [-0.2, 0) is 4.74 Å². The number of carbonyl (C=O) groups excluding carboxylic acids is 2. The van der Waals surface area contributed by atoms with E-state index in [1.807, 2.05) is 48.2 Å². The van der Waals surface area contributed by atoms with E-state index in [1.165, 1.54) is 5.56 Å². The molecule has 6 heteroatoms. The van der Waals surface area contributed by atoms with Crippen molar-refractivity contribution < 1.29 is 14.3 Å². The molecule has 1 fully saturated rings. The maximum atomic E-state index is 13.2. The highest BCUT2D eigenvalue weighted by molar-refractivity contribution is 5.99. The van der Waals surface area contributed by atoms with Gasteiger partial charge in [0.15, 0.2) is 0 Å². The summed E-state index contributed by atoms with van der Waals surface area (Å²) in [6.07, 6.45) is 1.01. The minimum Gasteiger partial charge on any atom is -0.450 e. The maximum Gasteiger partial charge on any atom is 0.409 e. The summed E-state index contributed by atoms with van der Waals surface area (Å²) in [7, 11) is 0. The molecule has 29 heavy (non-hydrogen) atoms. The molecule has 0 aromatic heterocycles. The molecule has 4 rings (SSSR count). The van der Waals surface area contributed by atoms with E-state index in [0.717, 1.165) is 29.7 Å². The van der Waals surface area contributed by atoms with Gasteiger partial charge in [-0.2, -0.15) is 0 Å². The van der Waals surface area contributed by atoms with Crippen LogP contribution in [0.4, 0.5) is 10.5 Å². The van der Waals surface area contributed by atoms with Crippen LogP contribution in [0.2, 0.25) is 0 Å². The zero-order valence-corrected chi connectivity index (χ0v) is 16.9. The number of hydrogen-bond acceptors (Lipinski definition) is 4. The molecule has 1 saturated heterocycles. The minimum atomic E-state index is -0.267. The van der Waals surface area contributed by atoms with Gasteiger partial charge in [0, 0.05) is 35.9 Å². The van der Waals surface area contributed by atoms with Gasteiger partial charge in [0.05, 0.1) is 6.61 Å².